The molecule has 162 valence electrons. The number of methoxy groups -OCH3 is 1. The number of likely N-dealkylation sites (tertiary alicyclic amines) is 1. The first kappa shape index (κ1) is 19.8. The largest absolute Gasteiger partial charge is 0.495 e. The van der Waals surface area contributed by atoms with Crippen molar-refractivity contribution in [3.05, 3.63) is 51.2 Å². The van der Waals surface area contributed by atoms with Crippen LogP contribution in [0, 0.1) is 6.92 Å². The summed E-state index contributed by atoms with van der Waals surface area (Å²) in [5.74, 6) is 0.504. The van der Waals surface area contributed by atoms with Crippen molar-refractivity contribution in [3.63, 3.8) is 0 Å². The van der Waals surface area contributed by atoms with E-state index >= 15 is 0 Å². The van der Waals surface area contributed by atoms with E-state index < -0.39 is 5.92 Å². The molecule has 1 fully saturated rings. The van der Waals surface area contributed by atoms with Crippen LogP contribution in [-0.2, 0) is 21.4 Å². The highest BCUT2D eigenvalue weighted by Crippen LogP contribution is 2.45. The lowest BCUT2D eigenvalue weighted by atomic mass is 9.75. The van der Waals surface area contributed by atoms with Crippen LogP contribution in [0.1, 0.15) is 54.2 Å². The van der Waals surface area contributed by atoms with E-state index in [0.717, 1.165) is 42.5 Å². The molecule has 1 aromatic carbocycles. The van der Waals surface area contributed by atoms with Gasteiger partial charge in [0.1, 0.15) is 11.6 Å². The molecular formula is C23H26N4O4. The Bertz CT molecular complexity index is 1130. The smallest absolute Gasteiger partial charge is 0.254 e. The monoisotopic (exact) mass is 422 g/mol. The number of rotatable bonds is 2. The van der Waals surface area contributed by atoms with E-state index in [1.54, 1.807) is 13.2 Å². The second kappa shape index (κ2) is 7.21. The van der Waals surface area contributed by atoms with Crippen molar-refractivity contribution in [1.29, 1.82) is 0 Å². The number of fused-ring (bicyclic) bond motifs is 3. The number of ether oxygens (including phenoxy) is 1. The zero-order valence-electron chi connectivity index (χ0n) is 17.8. The standard InChI is InChI=1S/C23H26N4O4/c1-13-24-20-15(21(29)25-13)6-7-23(20)8-10-27(11-9-23)22(30)16-12-18(28)26-19-14(16)4-3-5-17(19)31-2/h3-5,16H,6-12H2,1-2H3,(H,26,28)(H,24,25,29). The van der Waals surface area contributed by atoms with Crippen LogP contribution < -0.4 is 15.6 Å². The van der Waals surface area contributed by atoms with Crippen molar-refractivity contribution in [2.75, 3.05) is 25.5 Å². The van der Waals surface area contributed by atoms with Gasteiger partial charge in [-0.25, -0.2) is 4.98 Å². The zero-order valence-corrected chi connectivity index (χ0v) is 17.8. The van der Waals surface area contributed by atoms with E-state index in [0.29, 0.717) is 30.4 Å². The van der Waals surface area contributed by atoms with E-state index in [1.165, 1.54) is 0 Å². The van der Waals surface area contributed by atoms with Crippen molar-refractivity contribution in [2.24, 2.45) is 0 Å². The fourth-order valence-corrected chi connectivity index (χ4v) is 5.47. The number of carbonyl (C=O) groups excluding carboxylic acids is 2. The van der Waals surface area contributed by atoms with Crippen molar-refractivity contribution in [3.8, 4) is 5.75 Å². The summed E-state index contributed by atoms with van der Waals surface area (Å²) in [6, 6.07) is 5.52. The molecule has 31 heavy (non-hydrogen) atoms. The van der Waals surface area contributed by atoms with Crippen LogP contribution in [0.4, 0.5) is 5.69 Å². The molecule has 8 heteroatoms. The third kappa shape index (κ3) is 3.12. The third-order valence-corrected chi connectivity index (χ3v) is 7.13. The number of nitrogens with one attached hydrogen (secondary N) is 2. The third-order valence-electron chi connectivity index (χ3n) is 7.13. The van der Waals surface area contributed by atoms with Crippen LogP contribution in [0.5, 0.6) is 5.75 Å². The maximum absolute atomic E-state index is 13.5. The summed E-state index contributed by atoms with van der Waals surface area (Å²) in [5, 5.41) is 2.85. The number of benzene rings is 1. The Morgan fingerprint density at radius 2 is 2.00 bits per heavy atom. The molecule has 0 radical (unpaired) electrons. The molecular weight excluding hydrogens is 396 g/mol. The maximum Gasteiger partial charge on any atom is 0.254 e. The van der Waals surface area contributed by atoms with E-state index in [9.17, 15) is 14.4 Å². The number of amides is 2. The van der Waals surface area contributed by atoms with Crippen molar-refractivity contribution < 1.29 is 14.3 Å². The quantitative estimate of drug-likeness (QED) is 0.771. The number of anilines is 1. The van der Waals surface area contributed by atoms with Gasteiger partial charge in [-0.15, -0.1) is 0 Å². The molecule has 1 spiro atoms. The summed E-state index contributed by atoms with van der Waals surface area (Å²) >= 11 is 0. The highest BCUT2D eigenvalue weighted by molar-refractivity contribution is 6.02. The van der Waals surface area contributed by atoms with Gasteiger partial charge in [0.2, 0.25) is 11.8 Å². The first-order chi connectivity index (χ1) is 14.9. The van der Waals surface area contributed by atoms with Crippen LogP contribution in [0.15, 0.2) is 23.0 Å². The molecule has 8 nitrogen and oxygen atoms in total. The normalized spacial score (nSPS) is 21.4. The maximum atomic E-state index is 13.5. The molecule has 1 aliphatic carbocycles. The number of nitrogens with zero attached hydrogens (tertiary/aromatic N) is 2. The van der Waals surface area contributed by atoms with Gasteiger partial charge in [-0.2, -0.15) is 0 Å². The van der Waals surface area contributed by atoms with E-state index in [4.69, 9.17) is 4.74 Å². The van der Waals surface area contributed by atoms with E-state index in [1.807, 2.05) is 24.0 Å². The Kier molecular flexibility index (Phi) is 4.60. The Hall–Kier alpha value is -3.16. The average molecular weight is 422 g/mol. The predicted molar refractivity (Wildman–Crippen MR) is 114 cm³/mol. The Morgan fingerprint density at radius 1 is 1.23 bits per heavy atom. The Morgan fingerprint density at radius 3 is 2.74 bits per heavy atom. The van der Waals surface area contributed by atoms with Crippen LogP contribution in [0.2, 0.25) is 0 Å². The molecule has 3 heterocycles. The Balaban J connectivity index is 1.38. The minimum absolute atomic E-state index is 0.0209. The fraction of sp³-hybridized carbons (Fsp3) is 0.478. The second-order valence-corrected chi connectivity index (χ2v) is 8.81. The number of aryl methyl sites for hydroxylation is 1. The molecule has 1 aromatic heterocycles. The highest BCUT2D eigenvalue weighted by Gasteiger charge is 2.45. The second-order valence-electron chi connectivity index (χ2n) is 8.81. The molecule has 1 atom stereocenters. The van der Waals surface area contributed by atoms with Gasteiger partial charge in [0, 0.05) is 30.5 Å². The van der Waals surface area contributed by atoms with Crippen molar-refractivity contribution in [1.82, 2.24) is 14.9 Å². The number of carbonyl (C=O) groups is 2. The lowest BCUT2D eigenvalue weighted by Gasteiger charge is -2.41. The molecule has 2 aromatic rings. The van der Waals surface area contributed by atoms with Gasteiger partial charge in [-0.05, 0) is 44.2 Å². The summed E-state index contributed by atoms with van der Waals surface area (Å²) in [5.41, 5.74) is 2.96. The molecule has 1 saturated heterocycles. The van der Waals surface area contributed by atoms with Gasteiger partial charge in [-0.3, -0.25) is 14.4 Å². The molecule has 0 saturated carbocycles. The van der Waals surface area contributed by atoms with Gasteiger partial charge in [0.15, 0.2) is 0 Å². The summed E-state index contributed by atoms with van der Waals surface area (Å²) in [6.45, 7) is 3.01. The summed E-state index contributed by atoms with van der Waals surface area (Å²) in [4.78, 5) is 47.5. The number of aromatic amines is 1. The number of hydrogen-bond donors (Lipinski definition) is 2. The minimum Gasteiger partial charge on any atom is -0.495 e. The number of para-hydroxylation sites is 1. The SMILES string of the molecule is COc1cccc2c1NC(=O)CC2C(=O)N1CCC2(CCc3c2nc(C)[nH]c3=O)CC1. The van der Waals surface area contributed by atoms with E-state index in [2.05, 4.69) is 15.3 Å². The number of piperidine rings is 1. The Labute approximate surface area is 180 Å². The van der Waals surface area contributed by atoms with Crippen molar-refractivity contribution in [2.45, 2.75) is 50.4 Å². The van der Waals surface area contributed by atoms with E-state index in [-0.39, 0.29) is 29.2 Å². The molecule has 3 aliphatic rings. The number of H-pyrrole nitrogens is 1. The molecule has 0 bridgehead atoms. The lowest BCUT2D eigenvalue weighted by Crippen LogP contribution is -2.47. The molecule has 5 rings (SSSR count). The zero-order chi connectivity index (χ0) is 21.8. The molecule has 1 unspecified atom stereocenters. The highest BCUT2D eigenvalue weighted by atomic mass is 16.5. The fourth-order valence-electron chi connectivity index (χ4n) is 5.47. The van der Waals surface area contributed by atoms with Gasteiger partial charge in [0.05, 0.1) is 24.4 Å². The van der Waals surface area contributed by atoms with Gasteiger partial charge in [-0.1, -0.05) is 12.1 Å². The van der Waals surface area contributed by atoms with Crippen LogP contribution >= 0.6 is 0 Å². The molecule has 2 N–H and O–H groups in total. The van der Waals surface area contributed by atoms with Crippen molar-refractivity contribution >= 4 is 17.5 Å². The van der Waals surface area contributed by atoms with Crippen LogP contribution in [0.3, 0.4) is 0 Å². The summed E-state index contributed by atoms with van der Waals surface area (Å²) < 4.78 is 5.38. The van der Waals surface area contributed by atoms with Crippen LogP contribution in [0.25, 0.3) is 0 Å². The topological polar surface area (TPSA) is 104 Å². The molecule has 2 amide bonds. The first-order valence-corrected chi connectivity index (χ1v) is 10.8. The number of aromatic nitrogens is 2. The lowest BCUT2D eigenvalue weighted by molar-refractivity contribution is -0.136. The first-order valence-electron chi connectivity index (χ1n) is 10.8. The summed E-state index contributed by atoms with van der Waals surface area (Å²) in [6.07, 6.45) is 3.34. The number of hydrogen-bond acceptors (Lipinski definition) is 5. The van der Waals surface area contributed by atoms with Crippen LogP contribution in [-0.4, -0.2) is 46.9 Å². The molecule has 2 aliphatic heterocycles. The predicted octanol–water partition coefficient (Wildman–Crippen LogP) is 2.02. The van der Waals surface area contributed by atoms with Gasteiger partial charge >= 0.3 is 0 Å². The summed E-state index contributed by atoms with van der Waals surface area (Å²) in [7, 11) is 1.55. The minimum atomic E-state index is -0.507. The average Bonchev–Trinajstić information content (AvgIpc) is 3.11. The van der Waals surface area contributed by atoms with Gasteiger partial charge < -0.3 is 19.9 Å². The van der Waals surface area contributed by atoms with Gasteiger partial charge in [0.25, 0.3) is 5.56 Å².